The van der Waals surface area contributed by atoms with Crippen LogP contribution in [0.3, 0.4) is 0 Å². The third-order valence-electron chi connectivity index (χ3n) is 4.29. The van der Waals surface area contributed by atoms with E-state index in [0.29, 0.717) is 19.1 Å². The molecule has 6 nitrogen and oxygen atoms in total. The molecule has 27 heavy (non-hydrogen) atoms. The fourth-order valence-electron chi connectivity index (χ4n) is 3.01. The smallest absolute Gasteiger partial charge is 0.226 e. The van der Waals surface area contributed by atoms with Gasteiger partial charge < -0.3 is 19.1 Å². The van der Waals surface area contributed by atoms with Gasteiger partial charge in [0, 0.05) is 24.6 Å². The lowest BCUT2D eigenvalue weighted by atomic mass is 10.1. The standard InChI is InChI=1S/C21H19N3O3/c1-26-11-12-27-21-19-18(15-7-9-17(25)10-8-15)13-24(20(19)22-14-23-21)16-5-3-2-4-6-16/h2-10,13-14,25H,11-12H2,1H3. The van der Waals surface area contributed by atoms with E-state index < -0.39 is 0 Å². The lowest BCUT2D eigenvalue weighted by Gasteiger charge is -2.08. The Kier molecular flexibility index (Phi) is 4.72. The molecule has 4 aromatic rings. The number of methoxy groups -OCH3 is 1. The number of ether oxygens (including phenoxy) is 2. The normalized spacial score (nSPS) is 11.0. The maximum Gasteiger partial charge on any atom is 0.226 e. The van der Waals surface area contributed by atoms with Gasteiger partial charge in [-0.1, -0.05) is 30.3 Å². The maximum atomic E-state index is 9.63. The van der Waals surface area contributed by atoms with Crippen LogP contribution in [-0.2, 0) is 4.74 Å². The van der Waals surface area contributed by atoms with Gasteiger partial charge in [-0.25, -0.2) is 9.97 Å². The van der Waals surface area contributed by atoms with Gasteiger partial charge in [-0.05, 0) is 29.8 Å². The zero-order valence-corrected chi connectivity index (χ0v) is 14.9. The second kappa shape index (κ2) is 7.47. The summed E-state index contributed by atoms with van der Waals surface area (Å²) in [6, 6.07) is 17.0. The predicted octanol–water partition coefficient (Wildman–Crippen LogP) is 3.82. The third-order valence-corrected chi connectivity index (χ3v) is 4.29. The molecule has 136 valence electrons. The van der Waals surface area contributed by atoms with Crippen molar-refractivity contribution in [1.82, 2.24) is 14.5 Å². The molecule has 0 spiro atoms. The quantitative estimate of drug-likeness (QED) is 0.529. The highest BCUT2D eigenvalue weighted by Gasteiger charge is 2.18. The summed E-state index contributed by atoms with van der Waals surface area (Å²) in [6.45, 7) is 0.869. The van der Waals surface area contributed by atoms with E-state index in [1.54, 1.807) is 19.2 Å². The number of hydrogen-bond donors (Lipinski definition) is 1. The molecule has 0 radical (unpaired) electrons. The fraction of sp³-hybridized carbons (Fsp3) is 0.143. The van der Waals surface area contributed by atoms with Crippen LogP contribution in [0.15, 0.2) is 67.1 Å². The van der Waals surface area contributed by atoms with Gasteiger partial charge in [0.05, 0.1) is 12.0 Å². The first kappa shape index (κ1) is 17.1. The molecule has 0 atom stereocenters. The summed E-state index contributed by atoms with van der Waals surface area (Å²) in [5, 5.41) is 10.5. The number of para-hydroxylation sites is 1. The molecule has 2 heterocycles. The number of phenolic OH excluding ortho intramolecular Hbond substituents is 1. The van der Waals surface area contributed by atoms with Crippen LogP contribution in [0, 0.1) is 0 Å². The Balaban J connectivity index is 1.93. The Hall–Kier alpha value is -3.38. The molecule has 0 aliphatic rings. The van der Waals surface area contributed by atoms with E-state index in [1.807, 2.05) is 53.2 Å². The van der Waals surface area contributed by atoms with Gasteiger partial charge in [0.25, 0.3) is 0 Å². The van der Waals surface area contributed by atoms with Crippen LogP contribution in [-0.4, -0.2) is 40.0 Å². The summed E-state index contributed by atoms with van der Waals surface area (Å²) in [4.78, 5) is 8.84. The summed E-state index contributed by atoms with van der Waals surface area (Å²) in [5.41, 5.74) is 3.63. The number of hydrogen-bond acceptors (Lipinski definition) is 5. The number of fused-ring (bicyclic) bond motifs is 1. The van der Waals surface area contributed by atoms with Gasteiger partial charge in [-0.3, -0.25) is 0 Å². The van der Waals surface area contributed by atoms with E-state index in [2.05, 4.69) is 9.97 Å². The molecule has 4 rings (SSSR count). The third kappa shape index (κ3) is 3.35. The van der Waals surface area contributed by atoms with Crippen molar-refractivity contribution in [3.05, 3.63) is 67.1 Å². The topological polar surface area (TPSA) is 69.4 Å². The van der Waals surface area contributed by atoms with Crippen molar-refractivity contribution in [2.75, 3.05) is 20.3 Å². The van der Waals surface area contributed by atoms with Crippen molar-refractivity contribution in [2.45, 2.75) is 0 Å². The van der Waals surface area contributed by atoms with Gasteiger partial charge in [-0.15, -0.1) is 0 Å². The van der Waals surface area contributed by atoms with Crippen LogP contribution in [0.4, 0.5) is 0 Å². The van der Waals surface area contributed by atoms with Crippen LogP contribution < -0.4 is 4.74 Å². The van der Waals surface area contributed by atoms with E-state index in [4.69, 9.17) is 9.47 Å². The second-order valence-corrected chi connectivity index (χ2v) is 6.01. The Morgan fingerprint density at radius 2 is 1.74 bits per heavy atom. The van der Waals surface area contributed by atoms with Gasteiger partial charge in [0.15, 0.2) is 5.65 Å². The monoisotopic (exact) mass is 361 g/mol. The molecule has 2 aromatic heterocycles. The molecule has 2 aromatic carbocycles. The van der Waals surface area contributed by atoms with Gasteiger partial charge in [0.2, 0.25) is 5.88 Å². The van der Waals surface area contributed by atoms with Crippen molar-refractivity contribution in [1.29, 1.82) is 0 Å². The molecule has 0 bridgehead atoms. The van der Waals surface area contributed by atoms with Gasteiger partial charge in [0.1, 0.15) is 18.7 Å². The fourth-order valence-corrected chi connectivity index (χ4v) is 3.01. The average Bonchev–Trinajstić information content (AvgIpc) is 3.10. The van der Waals surface area contributed by atoms with E-state index in [9.17, 15) is 5.11 Å². The number of aromatic hydroxyl groups is 1. The Morgan fingerprint density at radius 1 is 0.963 bits per heavy atom. The summed E-state index contributed by atoms with van der Waals surface area (Å²) < 4.78 is 12.9. The molecule has 1 N–H and O–H groups in total. The molecule has 0 saturated heterocycles. The summed E-state index contributed by atoms with van der Waals surface area (Å²) in [7, 11) is 1.63. The average molecular weight is 361 g/mol. The summed E-state index contributed by atoms with van der Waals surface area (Å²) in [5.74, 6) is 0.730. The Labute approximate surface area is 156 Å². The highest BCUT2D eigenvalue weighted by atomic mass is 16.5. The number of aromatic nitrogens is 3. The molecular formula is C21H19N3O3. The van der Waals surface area contributed by atoms with Crippen LogP contribution >= 0.6 is 0 Å². The molecule has 0 aliphatic heterocycles. The maximum absolute atomic E-state index is 9.63. The molecule has 0 saturated carbocycles. The first-order valence-corrected chi connectivity index (χ1v) is 8.60. The molecule has 0 unspecified atom stereocenters. The lowest BCUT2D eigenvalue weighted by molar-refractivity contribution is 0.144. The molecule has 0 fully saturated rings. The van der Waals surface area contributed by atoms with E-state index in [-0.39, 0.29) is 5.75 Å². The largest absolute Gasteiger partial charge is 0.508 e. The van der Waals surface area contributed by atoms with E-state index in [1.165, 1.54) is 6.33 Å². The van der Waals surface area contributed by atoms with Crippen LogP contribution in [0.25, 0.3) is 27.8 Å². The Morgan fingerprint density at radius 3 is 2.48 bits per heavy atom. The van der Waals surface area contributed by atoms with Crippen LogP contribution in [0.2, 0.25) is 0 Å². The SMILES string of the molecule is COCCOc1ncnc2c1c(-c1ccc(O)cc1)cn2-c1ccccc1. The highest BCUT2D eigenvalue weighted by molar-refractivity contribution is 5.98. The van der Waals surface area contributed by atoms with Crippen LogP contribution in [0.1, 0.15) is 0 Å². The number of rotatable bonds is 6. The van der Waals surface area contributed by atoms with Crippen molar-refractivity contribution < 1.29 is 14.6 Å². The van der Waals surface area contributed by atoms with Gasteiger partial charge in [-0.2, -0.15) is 0 Å². The molecular weight excluding hydrogens is 342 g/mol. The minimum absolute atomic E-state index is 0.221. The number of phenols is 1. The van der Waals surface area contributed by atoms with Crippen molar-refractivity contribution in [2.24, 2.45) is 0 Å². The molecule has 0 aliphatic carbocycles. The van der Waals surface area contributed by atoms with Crippen molar-refractivity contribution in [3.8, 4) is 28.4 Å². The number of benzene rings is 2. The Bertz CT molecular complexity index is 1040. The molecule has 6 heteroatoms. The van der Waals surface area contributed by atoms with Crippen molar-refractivity contribution >= 4 is 11.0 Å². The minimum atomic E-state index is 0.221. The van der Waals surface area contributed by atoms with Crippen LogP contribution in [0.5, 0.6) is 11.6 Å². The zero-order valence-electron chi connectivity index (χ0n) is 14.9. The zero-order chi connectivity index (χ0) is 18.6. The van der Waals surface area contributed by atoms with E-state index >= 15 is 0 Å². The molecule has 0 amide bonds. The highest BCUT2D eigenvalue weighted by Crippen LogP contribution is 2.36. The summed E-state index contributed by atoms with van der Waals surface area (Å²) >= 11 is 0. The predicted molar refractivity (Wildman–Crippen MR) is 103 cm³/mol. The minimum Gasteiger partial charge on any atom is -0.508 e. The first-order chi connectivity index (χ1) is 13.3. The summed E-state index contributed by atoms with van der Waals surface area (Å²) in [6.07, 6.45) is 3.52. The lowest BCUT2D eigenvalue weighted by Crippen LogP contribution is -2.06. The van der Waals surface area contributed by atoms with E-state index in [0.717, 1.165) is 27.8 Å². The number of nitrogens with zero attached hydrogens (tertiary/aromatic N) is 3. The second-order valence-electron chi connectivity index (χ2n) is 6.01. The first-order valence-electron chi connectivity index (χ1n) is 8.60. The van der Waals surface area contributed by atoms with Gasteiger partial charge >= 0.3 is 0 Å². The van der Waals surface area contributed by atoms with Crippen molar-refractivity contribution in [3.63, 3.8) is 0 Å².